The first-order chi connectivity index (χ1) is 10.7. The lowest BCUT2D eigenvalue weighted by atomic mass is 9.94. The summed E-state index contributed by atoms with van der Waals surface area (Å²) in [6.45, 7) is 7.67. The highest BCUT2D eigenvalue weighted by atomic mass is 16.5. The Kier molecular flexibility index (Phi) is 3.22. The summed E-state index contributed by atoms with van der Waals surface area (Å²) in [4.78, 5) is 7.13. The van der Waals surface area contributed by atoms with Gasteiger partial charge in [0.1, 0.15) is 5.60 Å². The molecular formula is C18H23N3O. The highest BCUT2D eigenvalue weighted by molar-refractivity contribution is 5.44. The molecule has 2 bridgehead atoms. The summed E-state index contributed by atoms with van der Waals surface area (Å²) in [5.74, 6) is 1.83. The van der Waals surface area contributed by atoms with Gasteiger partial charge in [0.2, 0.25) is 0 Å². The molecule has 4 rings (SSSR count). The normalized spacial score (nSPS) is 27.1. The number of fused-ring (bicyclic) bond motifs is 2. The average molecular weight is 297 g/mol. The monoisotopic (exact) mass is 297 g/mol. The minimum absolute atomic E-state index is 0.00893. The maximum absolute atomic E-state index is 6.57. The Labute approximate surface area is 131 Å². The predicted molar refractivity (Wildman–Crippen MR) is 86.7 cm³/mol. The van der Waals surface area contributed by atoms with E-state index < -0.39 is 0 Å². The standard InChI is InChI=1S/C18H23N3O/c1-14-6-7-15(2)21(14)17-16(5-3-10-19-17)22-18-8-4-11-20(13-18)12-9-18/h3,5-7,10H,4,8-9,11-13H2,1-2H3. The Morgan fingerprint density at radius 1 is 1.09 bits per heavy atom. The number of piperidine rings is 1. The molecule has 2 atom stereocenters. The molecule has 22 heavy (non-hydrogen) atoms. The van der Waals surface area contributed by atoms with Gasteiger partial charge >= 0.3 is 0 Å². The summed E-state index contributed by atoms with van der Waals surface area (Å²) in [5.41, 5.74) is 2.37. The van der Waals surface area contributed by atoms with Crippen LogP contribution in [0.3, 0.4) is 0 Å². The summed E-state index contributed by atoms with van der Waals surface area (Å²) in [6.07, 6.45) is 5.37. The fourth-order valence-corrected chi connectivity index (χ4v) is 3.95. The van der Waals surface area contributed by atoms with Crippen LogP contribution in [0.5, 0.6) is 5.75 Å². The van der Waals surface area contributed by atoms with Crippen molar-refractivity contribution in [2.24, 2.45) is 0 Å². The Balaban J connectivity index is 1.71. The van der Waals surface area contributed by atoms with Crippen molar-refractivity contribution in [2.45, 2.75) is 38.7 Å². The number of ether oxygens (including phenoxy) is 1. The molecule has 2 saturated heterocycles. The van der Waals surface area contributed by atoms with Gasteiger partial charge in [0.05, 0.1) is 0 Å². The van der Waals surface area contributed by atoms with Crippen molar-refractivity contribution in [1.29, 1.82) is 0 Å². The topological polar surface area (TPSA) is 30.3 Å². The van der Waals surface area contributed by atoms with Gasteiger partial charge in [-0.3, -0.25) is 4.90 Å². The van der Waals surface area contributed by atoms with Crippen molar-refractivity contribution in [3.05, 3.63) is 41.9 Å². The van der Waals surface area contributed by atoms with E-state index in [1.807, 2.05) is 12.3 Å². The van der Waals surface area contributed by atoms with Crippen LogP contribution in [0.25, 0.3) is 5.82 Å². The van der Waals surface area contributed by atoms with Crippen molar-refractivity contribution in [3.8, 4) is 11.6 Å². The first kappa shape index (κ1) is 13.8. The molecule has 2 aromatic heterocycles. The van der Waals surface area contributed by atoms with Gasteiger partial charge in [-0.1, -0.05) is 0 Å². The molecular weight excluding hydrogens is 274 g/mol. The molecule has 0 amide bonds. The van der Waals surface area contributed by atoms with Crippen LogP contribution in [0.15, 0.2) is 30.5 Å². The quantitative estimate of drug-likeness (QED) is 0.872. The second-order valence-electron chi connectivity index (χ2n) is 6.69. The molecule has 0 N–H and O–H groups in total. The largest absolute Gasteiger partial charge is 0.482 e. The molecule has 0 aromatic carbocycles. The van der Waals surface area contributed by atoms with E-state index in [-0.39, 0.29) is 5.60 Å². The van der Waals surface area contributed by atoms with Crippen molar-refractivity contribution in [1.82, 2.24) is 14.5 Å². The van der Waals surface area contributed by atoms with Gasteiger partial charge in [-0.2, -0.15) is 0 Å². The number of nitrogens with zero attached hydrogens (tertiary/aromatic N) is 3. The summed E-state index contributed by atoms with van der Waals surface area (Å²) >= 11 is 0. The zero-order chi connectivity index (χ0) is 15.2. The number of rotatable bonds is 3. The van der Waals surface area contributed by atoms with E-state index in [1.54, 1.807) is 0 Å². The van der Waals surface area contributed by atoms with Gasteiger partial charge in [0.25, 0.3) is 0 Å². The molecule has 0 spiro atoms. The highest BCUT2D eigenvalue weighted by Gasteiger charge is 2.43. The lowest BCUT2D eigenvalue weighted by Crippen LogP contribution is -2.43. The Morgan fingerprint density at radius 2 is 1.91 bits per heavy atom. The number of aryl methyl sites for hydroxylation is 2. The number of aromatic nitrogens is 2. The Hall–Kier alpha value is -1.81. The summed E-state index contributed by atoms with van der Waals surface area (Å²) in [7, 11) is 0. The molecule has 2 aliphatic heterocycles. The van der Waals surface area contributed by atoms with Crippen molar-refractivity contribution in [3.63, 3.8) is 0 Å². The summed E-state index contributed by atoms with van der Waals surface area (Å²) in [6, 6.07) is 8.29. The average Bonchev–Trinajstić information content (AvgIpc) is 3.00. The van der Waals surface area contributed by atoms with Gasteiger partial charge in [-0.25, -0.2) is 4.98 Å². The van der Waals surface area contributed by atoms with Crippen molar-refractivity contribution in [2.75, 3.05) is 19.6 Å². The first-order valence-corrected chi connectivity index (χ1v) is 8.19. The molecule has 2 unspecified atom stereocenters. The molecule has 0 saturated carbocycles. The van der Waals surface area contributed by atoms with E-state index in [9.17, 15) is 0 Å². The minimum Gasteiger partial charge on any atom is -0.482 e. The molecule has 2 aromatic rings. The van der Waals surface area contributed by atoms with Crippen molar-refractivity contribution < 1.29 is 4.74 Å². The summed E-state index contributed by atoms with van der Waals surface area (Å²) in [5, 5.41) is 0. The number of pyridine rings is 1. The predicted octanol–water partition coefficient (Wildman–Crippen LogP) is 3.11. The lowest BCUT2D eigenvalue weighted by molar-refractivity contribution is 0.0448. The minimum atomic E-state index is -0.00893. The van der Waals surface area contributed by atoms with E-state index in [2.05, 4.69) is 46.5 Å². The molecule has 0 aliphatic carbocycles. The maximum Gasteiger partial charge on any atom is 0.180 e. The third-order valence-electron chi connectivity index (χ3n) is 5.06. The second-order valence-corrected chi connectivity index (χ2v) is 6.69. The van der Waals surface area contributed by atoms with Gasteiger partial charge in [0, 0.05) is 37.1 Å². The smallest absolute Gasteiger partial charge is 0.180 e. The third kappa shape index (κ3) is 2.22. The fourth-order valence-electron chi connectivity index (χ4n) is 3.95. The number of hydrogen-bond acceptors (Lipinski definition) is 3. The van der Waals surface area contributed by atoms with Gasteiger partial charge in [-0.05, 0) is 57.5 Å². The zero-order valence-corrected chi connectivity index (χ0v) is 13.4. The van der Waals surface area contributed by atoms with Crippen LogP contribution < -0.4 is 4.74 Å². The SMILES string of the molecule is Cc1ccc(C)n1-c1ncccc1OC12CCCN(CC1)C2. The van der Waals surface area contributed by atoms with E-state index >= 15 is 0 Å². The third-order valence-corrected chi connectivity index (χ3v) is 5.06. The van der Waals surface area contributed by atoms with Crippen molar-refractivity contribution >= 4 is 0 Å². The second kappa shape index (κ2) is 5.13. The zero-order valence-electron chi connectivity index (χ0n) is 13.4. The van der Waals surface area contributed by atoms with E-state index in [0.29, 0.717) is 0 Å². The summed E-state index contributed by atoms with van der Waals surface area (Å²) < 4.78 is 8.76. The van der Waals surface area contributed by atoms with Crippen LogP contribution in [-0.4, -0.2) is 39.7 Å². The van der Waals surface area contributed by atoms with Crippen LogP contribution >= 0.6 is 0 Å². The molecule has 4 nitrogen and oxygen atoms in total. The Bertz CT molecular complexity index is 670. The fraction of sp³-hybridized carbons (Fsp3) is 0.500. The van der Waals surface area contributed by atoms with Gasteiger partial charge in [0.15, 0.2) is 11.6 Å². The van der Waals surface area contributed by atoms with E-state index in [4.69, 9.17) is 4.74 Å². The van der Waals surface area contributed by atoms with Gasteiger partial charge in [-0.15, -0.1) is 0 Å². The lowest BCUT2D eigenvalue weighted by Gasteiger charge is -2.35. The van der Waals surface area contributed by atoms with Gasteiger partial charge < -0.3 is 9.30 Å². The maximum atomic E-state index is 6.57. The first-order valence-electron chi connectivity index (χ1n) is 8.19. The molecule has 2 fully saturated rings. The molecule has 4 heterocycles. The van der Waals surface area contributed by atoms with Crippen LogP contribution in [0, 0.1) is 13.8 Å². The molecule has 4 heteroatoms. The van der Waals surface area contributed by atoms with Crippen LogP contribution in [0.4, 0.5) is 0 Å². The number of hydrogen-bond donors (Lipinski definition) is 0. The Morgan fingerprint density at radius 3 is 2.73 bits per heavy atom. The highest BCUT2D eigenvalue weighted by Crippen LogP contribution is 2.37. The molecule has 116 valence electrons. The van der Waals surface area contributed by atoms with Crippen LogP contribution in [0.1, 0.15) is 30.7 Å². The van der Waals surface area contributed by atoms with E-state index in [1.165, 1.54) is 24.4 Å². The van der Waals surface area contributed by atoms with Crippen LogP contribution in [-0.2, 0) is 0 Å². The molecule has 0 radical (unpaired) electrons. The van der Waals surface area contributed by atoms with Crippen LogP contribution in [0.2, 0.25) is 0 Å². The van der Waals surface area contributed by atoms with E-state index in [0.717, 1.165) is 37.5 Å². The molecule has 2 aliphatic rings.